The molecule has 2 atom stereocenters. The largest absolute Gasteiger partial charge is 0.497 e. The predicted octanol–water partition coefficient (Wildman–Crippen LogP) is 4.74. The first-order valence-corrected chi connectivity index (χ1v) is 10.9. The second kappa shape index (κ2) is 9.73. The van der Waals surface area contributed by atoms with Gasteiger partial charge in [-0.25, -0.2) is 0 Å². The molecule has 1 N–H and O–H groups in total. The number of aryl methyl sites for hydroxylation is 1. The van der Waals surface area contributed by atoms with Gasteiger partial charge in [0.25, 0.3) is 5.91 Å². The molecule has 0 saturated carbocycles. The van der Waals surface area contributed by atoms with Gasteiger partial charge in [-0.05, 0) is 42.2 Å². The van der Waals surface area contributed by atoms with Crippen LogP contribution in [0, 0.1) is 5.92 Å². The van der Waals surface area contributed by atoms with E-state index in [0.29, 0.717) is 36.5 Å². The van der Waals surface area contributed by atoms with Crippen molar-refractivity contribution in [2.75, 3.05) is 25.5 Å². The molecule has 0 spiro atoms. The Labute approximate surface area is 188 Å². The highest BCUT2D eigenvalue weighted by atomic mass is 16.5. The molecule has 6 nitrogen and oxygen atoms in total. The molecule has 0 radical (unpaired) electrons. The van der Waals surface area contributed by atoms with Crippen LogP contribution in [-0.2, 0) is 11.2 Å². The van der Waals surface area contributed by atoms with E-state index >= 15 is 0 Å². The first-order valence-electron chi connectivity index (χ1n) is 10.9. The maximum absolute atomic E-state index is 13.2. The molecule has 32 heavy (non-hydrogen) atoms. The Morgan fingerprint density at radius 3 is 2.62 bits per heavy atom. The summed E-state index contributed by atoms with van der Waals surface area (Å²) in [5.41, 5.74) is 3.59. The fourth-order valence-corrected chi connectivity index (χ4v) is 4.24. The summed E-state index contributed by atoms with van der Waals surface area (Å²) in [6.45, 7) is 3.06. The van der Waals surface area contributed by atoms with Crippen LogP contribution < -0.4 is 10.1 Å². The lowest BCUT2D eigenvalue weighted by Gasteiger charge is -2.37. The molecule has 1 aromatic heterocycles. The van der Waals surface area contributed by atoms with Crippen LogP contribution >= 0.6 is 0 Å². The highest BCUT2D eigenvalue weighted by Crippen LogP contribution is 2.32. The van der Waals surface area contributed by atoms with Crippen molar-refractivity contribution in [3.63, 3.8) is 0 Å². The Kier molecular flexibility index (Phi) is 6.59. The van der Waals surface area contributed by atoms with Gasteiger partial charge in [0.1, 0.15) is 12.0 Å². The lowest BCUT2D eigenvalue weighted by molar-refractivity contribution is -0.121. The summed E-state index contributed by atoms with van der Waals surface area (Å²) in [6.07, 6.45) is 4.59. The van der Waals surface area contributed by atoms with E-state index in [1.807, 2.05) is 18.2 Å². The van der Waals surface area contributed by atoms with Crippen LogP contribution in [0.4, 0.5) is 5.69 Å². The molecule has 4 rings (SSSR count). The number of amides is 2. The fourth-order valence-electron chi connectivity index (χ4n) is 4.24. The number of hydrogen-bond donors (Lipinski definition) is 1. The molecule has 1 saturated heterocycles. The van der Waals surface area contributed by atoms with Crippen LogP contribution in [0.1, 0.15) is 40.7 Å². The topological polar surface area (TPSA) is 71.8 Å². The van der Waals surface area contributed by atoms with Crippen molar-refractivity contribution >= 4 is 17.5 Å². The van der Waals surface area contributed by atoms with Crippen LogP contribution in [-0.4, -0.2) is 36.9 Å². The molecule has 6 heteroatoms. The van der Waals surface area contributed by atoms with E-state index in [1.54, 1.807) is 24.1 Å². The zero-order chi connectivity index (χ0) is 22.5. The number of piperidine rings is 1. The monoisotopic (exact) mass is 432 g/mol. The number of carbonyl (C=O) groups excluding carboxylic acids is 2. The number of benzene rings is 2. The number of rotatable bonds is 6. The van der Waals surface area contributed by atoms with Gasteiger partial charge in [-0.15, -0.1) is 0 Å². The molecule has 0 bridgehead atoms. The Bertz CT molecular complexity index is 1060. The molecule has 2 unspecified atom stereocenters. The number of likely N-dealkylation sites (tertiary alicyclic amines) is 1. The third-order valence-corrected chi connectivity index (χ3v) is 6.07. The number of nitrogens with zero attached hydrogens (tertiary/aromatic N) is 1. The molecule has 3 aromatic rings. The van der Waals surface area contributed by atoms with Gasteiger partial charge < -0.3 is 19.4 Å². The van der Waals surface area contributed by atoms with Gasteiger partial charge in [-0.3, -0.25) is 9.59 Å². The third-order valence-electron chi connectivity index (χ3n) is 6.07. The average molecular weight is 433 g/mol. The summed E-state index contributed by atoms with van der Waals surface area (Å²) in [4.78, 5) is 28.0. The van der Waals surface area contributed by atoms with Crippen molar-refractivity contribution in [3.05, 3.63) is 83.8 Å². The molecule has 1 aliphatic rings. The molecule has 2 aromatic carbocycles. The van der Waals surface area contributed by atoms with Crippen molar-refractivity contribution in [3.8, 4) is 5.75 Å². The maximum Gasteiger partial charge on any atom is 0.257 e. The Morgan fingerprint density at radius 2 is 1.94 bits per heavy atom. The number of carbonyl (C=O) groups is 2. The van der Waals surface area contributed by atoms with Crippen LogP contribution in [0.5, 0.6) is 5.75 Å². The highest BCUT2D eigenvalue weighted by molar-refractivity contribution is 5.96. The normalized spacial score (nSPS) is 18.2. The number of furan rings is 1. The Balaban J connectivity index is 1.56. The smallest absolute Gasteiger partial charge is 0.257 e. The Morgan fingerprint density at radius 1 is 1.12 bits per heavy atom. The summed E-state index contributed by atoms with van der Waals surface area (Å²) in [5.74, 6) is 0.205. The first kappa shape index (κ1) is 21.7. The minimum Gasteiger partial charge on any atom is -0.497 e. The van der Waals surface area contributed by atoms with Gasteiger partial charge in [-0.2, -0.15) is 0 Å². The zero-order valence-electron chi connectivity index (χ0n) is 18.4. The van der Waals surface area contributed by atoms with Gasteiger partial charge in [0.05, 0.1) is 24.9 Å². The maximum atomic E-state index is 13.2. The van der Waals surface area contributed by atoms with Crippen molar-refractivity contribution < 1.29 is 18.7 Å². The van der Waals surface area contributed by atoms with Gasteiger partial charge >= 0.3 is 0 Å². The molecule has 2 heterocycles. The third kappa shape index (κ3) is 4.85. The summed E-state index contributed by atoms with van der Waals surface area (Å²) >= 11 is 0. The first-order chi connectivity index (χ1) is 15.6. The molecule has 1 fully saturated rings. The van der Waals surface area contributed by atoms with E-state index in [4.69, 9.17) is 9.15 Å². The molecule has 0 aliphatic carbocycles. The lowest BCUT2D eigenvalue weighted by atomic mass is 9.83. The highest BCUT2D eigenvalue weighted by Gasteiger charge is 2.35. The fraction of sp³-hybridized carbons (Fsp3) is 0.308. The summed E-state index contributed by atoms with van der Waals surface area (Å²) in [7, 11) is 1.59. The van der Waals surface area contributed by atoms with Crippen LogP contribution in [0.25, 0.3) is 0 Å². The molecular weight excluding hydrogens is 404 g/mol. The average Bonchev–Trinajstić information content (AvgIpc) is 3.38. The summed E-state index contributed by atoms with van der Waals surface area (Å²) < 4.78 is 10.4. The number of hydrogen-bond acceptors (Lipinski definition) is 4. The van der Waals surface area contributed by atoms with Crippen molar-refractivity contribution in [1.29, 1.82) is 0 Å². The predicted molar refractivity (Wildman–Crippen MR) is 123 cm³/mol. The van der Waals surface area contributed by atoms with E-state index in [1.165, 1.54) is 18.1 Å². The second-order valence-electron chi connectivity index (χ2n) is 8.17. The standard InChI is InChI=1S/C26H28N2O4/c1-3-18-7-9-19(10-8-18)21-13-22(16-28(15-21)26(30)20-11-12-32-17-20)25(29)27-23-5-4-6-24(14-23)31-2/h4-12,14,17,21-22H,3,13,15-16H2,1-2H3,(H,27,29). The molecule has 166 valence electrons. The van der Waals surface area contributed by atoms with Crippen molar-refractivity contribution in [1.82, 2.24) is 4.90 Å². The van der Waals surface area contributed by atoms with Gasteiger partial charge in [-0.1, -0.05) is 37.3 Å². The second-order valence-corrected chi connectivity index (χ2v) is 8.17. The van der Waals surface area contributed by atoms with Gasteiger partial charge in [0.15, 0.2) is 0 Å². The van der Waals surface area contributed by atoms with E-state index in [-0.39, 0.29) is 23.7 Å². The van der Waals surface area contributed by atoms with Crippen molar-refractivity contribution in [2.24, 2.45) is 5.92 Å². The summed E-state index contributed by atoms with van der Waals surface area (Å²) in [5, 5.41) is 3.00. The van der Waals surface area contributed by atoms with Crippen LogP contribution in [0.3, 0.4) is 0 Å². The molecule has 1 aliphatic heterocycles. The quantitative estimate of drug-likeness (QED) is 0.611. The zero-order valence-corrected chi connectivity index (χ0v) is 18.4. The molecule has 2 amide bonds. The number of nitrogens with one attached hydrogen (secondary N) is 1. The van der Waals surface area contributed by atoms with Gasteiger partial charge in [0, 0.05) is 30.8 Å². The summed E-state index contributed by atoms with van der Waals surface area (Å²) in [6, 6.07) is 17.4. The van der Waals surface area contributed by atoms with E-state index < -0.39 is 0 Å². The van der Waals surface area contributed by atoms with Gasteiger partial charge in [0.2, 0.25) is 5.91 Å². The molecular formula is C26H28N2O4. The number of methoxy groups -OCH3 is 1. The van der Waals surface area contributed by atoms with E-state index in [2.05, 4.69) is 36.5 Å². The van der Waals surface area contributed by atoms with Crippen LogP contribution in [0.2, 0.25) is 0 Å². The minimum absolute atomic E-state index is 0.0755. The van der Waals surface area contributed by atoms with E-state index in [0.717, 1.165) is 12.0 Å². The van der Waals surface area contributed by atoms with Crippen LogP contribution in [0.15, 0.2) is 71.5 Å². The van der Waals surface area contributed by atoms with Crippen molar-refractivity contribution in [2.45, 2.75) is 25.7 Å². The van der Waals surface area contributed by atoms with E-state index in [9.17, 15) is 9.59 Å². The SMILES string of the molecule is CCc1ccc(C2CC(C(=O)Nc3cccc(OC)c3)CN(C(=O)c3ccoc3)C2)cc1. The lowest BCUT2D eigenvalue weighted by Crippen LogP contribution is -2.46. The number of ether oxygens (including phenoxy) is 1. The Hall–Kier alpha value is -3.54. The minimum atomic E-state index is -0.332. The number of anilines is 1.